The number of likely N-dealkylation sites (tertiary alicyclic amines) is 1. The molecule has 2 amide bonds. The molecule has 1 fully saturated rings. The van der Waals surface area contributed by atoms with Crippen LogP contribution in [0, 0.1) is 5.92 Å². The van der Waals surface area contributed by atoms with Crippen LogP contribution in [0.5, 0.6) is 11.5 Å². The zero-order chi connectivity index (χ0) is 14.8. The number of carbonyl (C=O) groups is 2. The molecule has 1 atom stereocenters. The lowest BCUT2D eigenvalue weighted by molar-refractivity contribution is -0.141. The molecule has 7 heteroatoms. The normalized spacial score (nSPS) is 19.6. The molecule has 112 valence electrons. The van der Waals surface area contributed by atoms with E-state index in [1.165, 1.54) is 4.90 Å². The van der Waals surface area contributed by atoms with Crippen LogP contribution in [0.4, 0.5) is 4.79 Å². The summed E-state index contributed by atoms with van der Waals surface area (Å²) in [5.41, 5.74) is 0.904. The molecule has 1 saturated heterocycles. The predicted molar refractivity (Wildman–Crippen MR) is 72.1 cm³/mol. The molecule has 3 rings (SSSR count). The van der Waals surface area contributed by atoms with Crippen LogP contribution in [0.1, 0.15) is 12.0 Å². The molecule has 7 nitrogen and oxygen atoms in total. The smallest absolute Gasteiger partial charge is 0.317 e. The molecule has 0 radical (unpaired) electrons. The number of carboxylic acid groups (broad SMARTS) is 1. The van der Waals surface area contributed by atoms with Crippen molar-refractivity contribution in [2.24, 2.45) is 5.92 Å². The lowest BCUT2D eigenvalue weighted by atomic mass is 10.1. The molecule has 0 saturated carbocycles. The van der Waals surface area contributed by atoms with E-state index < -0.39 is 11.9 Å². The number of benzene rings is 1. The van der Waals surface area contributed by atoms with Crippen molar-refractivity contribution in [2.75, 3.05) is 19.9 Å². The van der Waals surface area contributed by atoms with E-state index in [4.69, 9.17) is 14.6 Å². The van der Waals surface area contributed by atoms with Crippen molar-refractivity contribution in [1.82, 2.24) is 10.2 Å². The van der Waals surface area contributed by atoms with Crippen molar-refractivity contribution in [3.8, 4) is 11.5 Å². The molecule has 0 aliphatic carbocycles. The van der Waals surface area contributed by atoms with Gasteiger partial charge in [0, 0.05) is 19.6 Å². The number of nitrogens with zero attached hydrogens (tertiary/aromatic N) is 1. The number of fused-ring (bicyclic) bond motifs is 1. The van der Waals surface area contributed by atoms with Gasteiger partial charge < -0.3 is 24.8 Å². The first kappa shape index (κ1) is 13.5. The standard InChI is InChI=1S/C14H16N2O5/c17-13(18)10-3-4-16(7-10)14(19)15-6-9-1-2-11-12(5-9)21-8-20-11/h1-2,5,10H,3-4,6-8H2,(H,15,19)(H,17,18). The van der Waals surface area contributed by atoms with Gasteiger partial charge in [-0.25, -0.2) is 4.79 Å². The Morgan fingerprint density at radius 2 is 2.14 bits per heavy atom. The van der Waals surface area contributed by atoms with Crippen LogP contribution in [-0.4, -0.2) is 41.9 Å². The van der Waals surface area contributed by atoms with Crippen LogP contribution < -0.4 is 14.8 Å². The second-order valence-electron chi connectivity index (χ2n) is 5.12. The van der Waals surface area contributed by atoms with E-state index >= 15 is 0 Å². The van der Waals surface area contributed by atoms with E-state index in [1.54, 1.807) is 6.07 Å². The van der Waals surface area contributed by atoms with Crippen LogP contribution >= 0.6 is 0 Å². The molecular weight excluding hydrogens is 276 g/mol. The molecule has 2 aliphatic heterocycles. The largest absolute Gasteiger partial charge is 0.481 e. The third-order valence-electron chi connectivity index (χ3n) is 3.71. The van der Waals surface area contributed by atoms with Crippen molar-refractivity contribution in [1.29, 1.82) is 0 Å². The predicted octanol–water partition coefficient (Wildman–Crippen LogP) is 1.03. The summed E-state index contributed by atoms with van der Waals surface area (Å²) in [5.74, 6) is 0.0742. The van der Waals surface area contributed by atoms with Gasteiger partial charge in [0.1, 0.15) is 0 Å². The summed E-state index contributed by atoms with van der Waals surface area (Å²) >= 11 is 0. The topological polar surface area (TPSA) is 88.1 Å². The van der Waals surface area contributed by atoms with E-state index in [9.17, 15) is 9.59 Å². The first-order valence-electron chi connectivity index (χ1n) is 6.77. The minimum absolute atomic E-state index is 0.218. The van der Waals surface area contributed by atoms with Gasteiger partial charge in [0.05, 0.1) is 5.92 Å². The Morgan fingerprint density at radius 1 is 1.33 bits per heavy atom. The van der Waals surface area contributed by atoms with Gasteiger partial charge in [-0.2, -0.15) is 0 Å². The average Bonchev–Trinajstić information content (AvgIpc) is 3.12. The highest BCUT2D eigenvalue weighted by atomic mass is 16.7. The summed E-state index contributed by atoms with van der Waals surface area (Å²) in [5, 5.41) is 11.7. The quantitative estimate of drug-likeness (QED) is 0.868. The maximum Gasteiger partial charge on any atom is 0.317 e. The molecular formula is C14H16N2O5. The number of amides is 2. The van der Waals surface area contributed by atoms with E-state index in [0.717, 1.165) is 5.56 Å². The van der Waals surface area contributed by atoms with Gasteiger partial charge in [-0.15, -0.1) is 0 Å². The molecule has 2 N–H and O–H groups in total. The third kappa shape index (κ3) is 2.86. The number of ether oxygens (including phenoxy) is 2. The van der Waals surface area contributed by atoms with Crippen molar-refractivity contribution in [3.63, 3.8) is 0 Å². The lowest BCUT2D eigenvalue weighted by Crippen LogP contribution is -2.38. The van der Waals surface area contributed by atoms with Crippen molar-refractivity contribution in [3.05, 3.63) is 23.8 Å². The van der Waals surface area contributed by atoms with Crippen LogP contribution in [-0.2, 0) is 11.3 Å². The monoisotopic (exact) mass is 292 g/mol. The third-order valence-corrected chi connectivity index (χ3v) is 3.71. The molecule has 1 unspecified atom stereocenters. The maximum absolute atomic E-state index is 12.0. The molecule has 0 aromatic heterocycles. The Kier molecular flexibility index (Phi) is 3.55. The Morgan fingerprint density at radius 3 is 2.90 bits per heavy atom. The summed E-state index contributed by atoms with van der Waals surface area (Å²) in [7, 11) is 0. The molecule has 21 heavy (non-hydrogen) atoms. The van der Waals surface area contributed by atoms with Crippen LogP contribution in [0.2, 0.25) is 0 Å². The van der Waals surface area contributed by atoms with Gasteiger partial charge >= 0.3 is 12.0 Å². The van der Waals surface area contributed by atoms with E-state index in [0.29, 0.717) is 31.0 Å². The highest BCUT2D eigenvalue weighted by molar-refractivity contribution is 5.77. The first-order chi connectivity index (χ1) is 10.1. The lowest BCUT2D eigenvalue weighted by Gasteiger charge is -2.16. The molecule has 2 aliphatic rings. The number of rotatable bonds is 3. The minimum atomic E-state index is -0.846. The Bertz CT molecular complexity index is 574. The van der Waals surface area contributed by atoms with Crippen molar-refractivity contribution < 1.29 is 24.2 Å². The summed E-state index contributed by atoms with van der Waals surface area (Å²) in [6, 6.07) is 5.25. The van der Waals surface area contributed by atoms with Gasteiger partial charge in [-0.1, -0.05) is 6.07 Å². The minimum Gasteiger partial charge on any atom is -0.481 e. The van der Waals surface area contributed by atoms with Gasteiger partial charge in [0.15, 0.2) is 11.5 Å². The summed E-state index contributed by atoms with van der Waals surface area (Å²) in [6.45, 7) is 1.32. The molecule has 2 heterocycles. The summed E-state index contributed by atoms with van der Waals surface area (Å²) in [4.78, 5) is 24.4. The number of carboxylic acids is 1. The molecule has 1 aromatic carbocycles. The number of aliphatic carboxylic acids is 1. The maximum atomic E-state index is 12.0. The Balaban J connectivity index is 1.53. The molecule has 1 aromatic rings. The van der Waals surface area contributed by atoms with Crippen molar-refractivity contribution in [2.45, 2.75) is 13.0 Å². The zero-order valence-electron chi connectivity index (χ0n) is 11.4. The van der Waals surface area contributed by atoms with Crippen LogP contribution in [0.25, 0.3) is 0 Å². The molecule has 0 bridgehead atoms. The summed E-state index contributed by atoms with van der Waals surface area (Å²) in [6.07, 6.45) is 0.507. The molecule has 0 spiro atoms. The van der Waals surface area contributed by atoms with Crippen LogP contribution in [0.15, 0.2) is 18.2 Å². The fraction of sp³-hybridized carbons (Fsp3) is 0.429. The highest BCUT2D eigenvalue weighted by Crippen LogP contribution is 2.32. The average molecular weight is 292 g/mol. The van der Waals surface area contributed by atoms with E-state index in [-0.39, 0.29) is 19.4 Å². The number of urea groups is 1. The van der Waals surface area contributed by atoms with Gasteiger partial charge in [0.25, 0.3) is 0 Å². The number of nitrogens with one attached hydrogen (secondary N) is 1. The number of hydrogen-bond acceptors (Lipinski definition) is 4. The fourth-order valence-corrected chi connectivity index (χ4v) is 2.49. The first-order valence-corrected chi connectivity index (χ1v) is 6.77. The fourth-order valence-electron chi connectivity index (χ4n) is 2.49. The van der Waals surface area contributed by atoms with E-state index in [2.05, 4.69) is 5.32 Å². The van der Waals surface area contributed by atoms with Gasteiger partial charge in [-0.3, -0.25) is 4.79 Å². The SMILES string of the molecule is O=C(O)C1CCN(C(=O)NCc2ccc3c(c2)OCO3)C1. The van der Waals surface area contributed by atoms with E-state index in [1.807, 2.05) is 12.1 Å². The zero-order valence-corrected chi connectivity index (χ0v) is 11.4. The number of hydrogen-bond donors (Lipinski definition) is 2. The Labute approximate surface area is 121 Å². The second kappa shape index (κ2) is 5.51. The van der Waals surface area contributed by atoms with Crippen molar-refractivity contribution >= 4 is 12.0 Å². The van der Waals surface area contributed by atoms with Crippen LogP contribution in [0.3, 0.4) is 0 Å². The summed E-state index contributed by atoms with van der Waals surface area (Å²) < 4.78 is 10.5. The van der Waals surface area contributed by atoms with Gasteiger partial charge in [0.2, 0.25) is 6.79 Å². The van der Waals surface area contributed by atoms with Gasteiger partial charge in [-0.05, 0) is 24.1 Å². The number of carbonyl (C=O) groups excluding carboxylic acids is 1. The highest BCUT2D eigenvalue weighted by Gasteiger charge is 2.30. The second-order valence-corrected chi connectivity index (χ2v) is 5.12. The Hall–Kier alpha value is -2.44.